The first-order chi connectivity index (χ1) is 32.5. The van der Waals surface area contributed by atoms with Crippen molar-refractivity contribution in [3.63, 3.8) is 0 Å². The van der Waals surface area contributed by atoms with E-state index >= 15 is 0 Å². The van der Waals surface area contributed by atoms with E-state index in [1.165, 1.54) is 128 Å². The Morgan fingerprint density at radius 1 is 0.288 bits per heavy atom. The van der Waals surface area contributed by atoms with E-state index in [2.05, 4.69) is 243 Å². The minimum atomic E-state index is -0.567. The Balaban J connectivity index is 1.01. The van der Waals surface area contributed by atoms with Crippen LogP contribution in [0, 0.1) is 0 Å². The summed E-state index contributed by atoms with van der Waals surface area (Å²) in [5, 5.41) is 2.57. The van der Waals surface area contributed by atoms with Crippen LogP contribution in [0.1, 0.15) is 69.5 Å². The molecular weight excluding hydrogens is 795 g/mol. The first-order valence-electron chi connectivity index (χ1n) is 23.4. The summed E-state index contributed by atoms with van der Waals surface area (Å²) in [4.78, 5) is 0. The van der Waals surface area contributed by atoms with Crippen LogP contribution in [0.3, 0.4) is 0 Å². The van der Waals surface area contributed by atoms with Gasteiger partial charge in [-0.15, -0.1) is 0 Å². The molecule has 0 radical (unpaired) electrons. The van der Waals surface area contributed by atoms with Crippen molar-refractivity contribution in [1.29, 1.82) is 0 Å². The molecule has 1 heteroatoms. The lowest BCUT2D eigenvalue weighted by Gasteiger charge is -2.49. The maximum atomic E-state index is 2.55. The number of fused-ring (bicyclic) bond motifs is 22. The molecule has 10 aromatic carbocycles. The zero-order chi connectivity index (χ0) is 43.5. The predicted molar refractivity (Wildman–Crippen MR) is 272 cm³/mol. The fraction of sp³-hybridized carbons (Fsp3) is 0.0769. The minimum Gasteiger partial charge on any atom is -0.309 e. The van der Waals surface area contributed by atoms with Crippen LogP contribution in [0.2, 0.25) is 0 Å². The number of para-hydroxylation sites is 2. The second-order valence-electron chi connectivity index (χ2n) is 19.4. The lowest BCUT2D eigenvalue weighted by atomic mass is 9.51. The van der Waals surface area contributed by atoms with Gasteiger partial charge >= 0.3 is 0 Å². The molecule has 4 aliphatic rings. The van der Waals surface area contributed by atoms with Crippen LogP contribution in [0.15, 0.2) is 224 Å². The lowest BCUT2D eigenvalue weighted by Crippen LogP contribution is -2.44. The quantitative estimate of drug-likeness (QED) is 0.163. The maximum absolute atomic E-state index is 2.55. The van der Waals surface area contributed by atoms with E-state index in [0.717, 1.165) is 0 Å². The summed E-state index contributed by atoms with van der Waals surface area (Å²) in [6, 6.07) is 85.8. The Labute approximate surface area is 384 Å². The van der Waals surface area contributed by atoms with Crippen LogP contribution < -0.4 is 0 Å². The van der Waals surface area contributed by atoms with Gasteiger partial charge in [-0.25, -0.2) is 0 Å². The molecule has 0 saturated carbocycles. The monoisotopic (exact) mass is 837 g/mol. The van der Waals surface area contributed by atoms with Crippen molar-refractivity contribution in [2.45, 2.75) is 30.1 Å². The van der Waals surface area contributed by atoms with Crippen molar-refractivity contribution in [3.05, 3.63) is 280 Å². The SMILES string of the molecule is CC1(C)c2cc(-c3cccc4c3C3(c5ccccc5-c5ccccc53)c3ccccc3C43c4ccccc4-c4ccccc43)ccc2-c2ccc(-n3c4ccccc4c4ccccc43)cc21. The van der Waals surface area contributed by atoms with Gasteiger partial charge in [0.25, 0.3) is 0 Å². The van der Waals surface area contributed by atoms with Crippen LogP contribution in [-0.4, -0.2) is 4.57 Å². The number of aromatic nitrogens is 1. The predicted octanol–water partition coefficient (Wildman–Crippen LogP) is 15.8. The molecule has 0 atom stereocenters. The highest BCUT2D eigenvalue weighted by Crippen LogP contribution is 2.68. The highest BCUT2D eigenvalue weighted by molar-refractivity contribution is 6.09. The largest absolute Gasteiger partial charge is 0.309 e. The summed E-state index contributed by atoms with van der Waals surface area (Å²) >= 11 is 0. The second kappa shape index (κ2) is 12.6. The van der Waals surface area contributed by atoms with Gasteiger partial charge in [0, 0.05) is 21.9 Å². The molecular formula is C65H43N. The number of hydrogen-bond acceptors (Lipinski definition) is 0. The molecule has 0 N–H and O–H groups in total. The summed E-state index contributed by atoms with van der Waals surface area (Å²) in [7, 11) is 0. The third-order valence-electron chi connectivity index (χ3n) is 16.3. The summed E-state index contributed by atoms with van der Waals surface area (Å²) in [5.41, 5.74) is 26.4. The van der Waals surface area contributed by atoms with Gasteiger partial charge in [-0.1, -0.05) is 208 Å². The Hall–Kier alpha value is -8.00. The van der Waals surface area contributed by atoms with E-state index in [9.17, 15) is 0 Å². The molecule has 11 aromatic rings. The summed E-state index contributed by atoms with van der Waals surface area (Å²) in [5.74, 6) is 0. The van der Waals surface area contributed by atoms with Crippen molar-refractivity contribution in [2.24, 2.45) is 0 Å². The number of nitrogens with zero attached hydrogens (tertiary/aromatic N) is 1. The van der Waals surface area contributed by atoms with Gasteiger partial charge in [0.1, 0.15) is 0 Å². The normalized spacial score (nSPS) is 15.5. The van der Waals surface area contributed by atoms with Crippen molar-refractivity contribution in [1.82, 2.24) is 4.57 Å². The molecule has 1 aromatic heterocycles. The molecule has 308 valence electrons. The van der Waals surface area contributed by atoms with E-state index in [4.69, 9.17) is 0 Å². The second-order valence-corrected chi connectivity index (χ2v) is 19.4. The molecule has 15 rings (SSSR count). The number of rotatable bonds is 2. The third-order valence-corrected chi connectivity index (χ3v) is 16.3. The Bertz CT molecular complexity index is 3780. The van der Waals surface area contributed by atoms with E-state index in [0.29, 0.717) is 0 Å². The average molecular weight is 838 g/mol. The molecule has 4 aliphatic carbocycles. The molecule has 0 fully saturated rings. The van der Waals surface area contributed by atoms with Crippen LogP contribution in [0.5, 0.6) is 0 Å². The van der Waals surface area contributed by atoms with Crippen LogP contribution in [-0.2, 0) is 16.2 Å². The van der Waals surface area contributed by atoms with Gasteiger partial charge < -0.3 is 4.57 Å². The first-order valence-corrected chi connectivity index (χ1v) is 23.4. The lowest BCUT2D eigenvalue weighted by molar-refractivity contribution is 0.634. The van der Waals surface area contributed by atoms with E-state index in [1.54, 1.807) is 0 Å². The molecule has 66 heavy (non-hydrogen) atoms. The topological polar surface area (TPSA) is 4.93 Å². The van der Waals surface area contributed by atoms with Gasteiger partial charge in [-0.2, -0.15) is 0 Å². The van der Waals surface area contributed by atoms with Crippen molar-refractivity contribution < 1.29 is 0 Å². The van der Waals surface area contributed by atoms with Crippen molar-refractivity contribution in [2.75, 3.05) is 0 Å². The first kappa shape index (κ1) is 36.4. The van der Waals surface area contributed by atoms with Crippen LogP contribution >= 0.6 is 0 Å². The summed E-state index contributed by atoms with van der Waals surface area (Å²) < 4.78 is 2.45. The smallest absolute Gasteiger partial charge is 0.0725 e. The van der Waals surface area contributed by atoms with Gasteiger partial charge in [0.15, 0.2) is 0 Å². The molecule has 0 unspecified atom stereocenters. The van der Waals surface area contributed by atoms with Gasteiger partial charge in [-0.05, 0) is 130 Å². The minimum absolute atomic E-state index is 0.244. The Morgan fingerprint density at radius 3 is 1.24 bits per heavy atom. The Morgan fingerprint density at radius 2 is 0.682 bits per heavy atom. The zero-order valence-corrected chi connectivity index (χ0v) is 36.8. The molecule has 2 spiro atoms. The molecule has 0 aliphatic heterocycles. The molecule has 1 nitrogen and oxygen atoms in total. The third kappa shape index (κ3) is 4.19. The standard InChI is InChI=1S/C65H43N/c1-63(2)58-38-40(34-36-47(58)48-37-35-41(39-59(48)63)66-60-32-15-7-22-49(60)50-23-8-16-33-61(50)66)42-24-17-31-57-62(42)65(53-27-11-5-20-45(53)46-21-6-12-28-54(46)65)56-30-14-13-29-55(56)64(57)51-25-9-3-18-43(51)44-19-4-10-26-52(44)64/h3-39H,1-2H3. The van der Waals surface area contributed by atoms with E-state index < -0.39 is 10.8 Å². The van der Waals surface area contributed by atoms with Gasteiger partial charge in [0.2, 0.25) is 0 Å². The Kier molecular flexibility index (Phi) is 6.95. The van der Waals surface area contributed by atoms with Crippen LogP contribution in [0.25, 0.3) is 72.0 Å². The fourth-order valence-electron chi connectivity index (χ4n) is 13.8. The van der Waals surface area contributed by atoms with E-state index in [1.807, 2.05) is 0 Å². The van der Waals surface area contributed by atoms with Crippen molar-refractivity contribution >= 4 is 21.8 Å². The molecule has 0 bridgehead atoms. The summed E-state index contributed by atoms with van der Waals surface area (Å²) in [6.45, 7) is 4.86. The highest BCUT2D eigenvalue weighted by Gasteiger charge is 2.59. The van der Waals surface area contributed by atoms with Crippen LogP contribution in [0.4, 0.5) is 0 Å². The van der Waals surface area contributed by atoms with Gasteiger partial charge in [0.05, 0.1) is 21.9 Å². The van der Waals surface area contributed by atoms with Gasteiger partial charge in [-0.3, -0.25) is 0 Å². The fourth-order valence-corrected chi connectivity index (χ4v) is 13.8. The van der Waals surface area contributed by atoms with Crippen molar-refractivity contribution in [3.8, 4) is 50.2 Å². The average Bonchev–Trinajstić information content (AvgIpc) is 4.04. The molecule has 0 saturated heterocycles. The number of hydrogen-bond donors (Lipinski definition) is 0. The highest BCUT2D eigenvalue weighted by atomic mass is 15.0. The summed E-state index contributed by atoms with van der Waals surface area (Å²) in [6.07, 6.45) is 0. The number of benzene rings is 10. The molecule has 1 heterocycles. The molecule has 0 amide bonds. The zero-order valence-electron chi connectivity index (χ0n) is 36.8. The van der Waals surface area contributed by atoms with E-state index in [-0.39, 0.29) is 5.41 Å². The maximum Gasteiger partial charge on any atom is 0.0725 e.